The maximum atomic E-state index is 12.1. The monoisotopic (exact) mass is 315 g/mol. The Hall–Kier alpha value is -2.63. The predicted octanol–water partition coefficient (Wildman–Crippen LogP) is 1.02. The minimum absolute atomic E-state index is 0.128. The number of H-pyrrole nitrogens is 1. The molecule has 0 fully saturated rings. The number of benzene rings is 1. The molecule has 0 aliphatic heterocycles. The highest BCUT2D eigenvalue weighted by Crippen LogP contribution is 2.13. The molecular weight excluding hydrogens is 294 g/mol. The normalized spacial score (nSPS) is 10.5. The fourth-order valence-electron chi connectivity index (χ4n) is 2.32. The first-order valence-corrected chi connectivity index (χ1v) is 7.59. The van der Waals surface area contributed by atoms with E-state index in [9.17, 15) is 14.4 Å². The third kappa shape index (κ3) is 4.95. The summed E-state index contributed by atoms with van der Waals surface area (Å²) in [6.45, 7) is 4.18. The number of pyridine rings is 1. The first kappa shape index (κ1) is 16.7. The van der Waals surface area contributed by atoms with Crippen molar-refractivity contribution >= 4 is 22.7 Å². The Morgan fingerprint density at radius 2 is 1.87 bits per heavy atom. The lowest BCUT2D eigenvalue weighted by Gasteiger charge is -2.06. The highest BCUT2D eigenvalue weighted by atomic mass is 16.2. The number of carbonyl (C=O) groups excluding carboxylic acids is 2. The summed E-state index contributed by atoms with van der Waals surface area (Å²) in [6.07, 6.45) is 0.617. The average molecular weight is 315 g/mol. The van der Waals surface area contributed by atoms with Crippen molar-refractivity contribution in [1.29, 1.82) is 0 Å². The van der Waals surface area contributed by atoms with E-state index in [1.54, 1.807) is 0 Å². The summed E-state index contributed by atoms with van der Waals surface area (Å²) in [7, 11) is 0. The van der Waals surface area contributed by atoms with Crippen molar-refractivity contribution in [3.05, 3.63) is 45.7 Å². The van der Waals surface area contributed by atoms with Gasteiger partial charge in [0.05, 0.1) is 0 Å². The van der Waals surface area contributed by atoms with E-state index < -0.39 is 0 Å². The molecule has 0 atom stereocenters. The van der Waals surface area contributed by atoms with Gasteiger partial charge in [-0.15, -0.1) is 0 Å². The molecule has 0 spiro atoms. The summed E-state index contributed by atoms with van der Waals surface area (Å²) in [5.41, 5.74) is 2.32. The van der Waals surface area contributed by atoms with Gasteiger partial charge in [0.25, 0.3) is 5.56 Å². The number of nitrogens with one attached hydrogen (secondary N) is 3. The third-order valence-corrected chi connectivity index (χ3v) is 3.52. The number of aromatic amines is 1. The molecule has 3 N–H and O–H groups in total. The highest BCUT2D eigenvalue weighted by molar-refractivity contribution is 5.80. The van der Waals surface area contributed by atoms with Crippen molar-refractivity contribution in [2.24, 2.45) is 0 Å². The second-order valence-corrected chi connectivity index (χ2v) is 5.55. The zero-order chi connectivity index (χ0) is 16.8. The summed E-state index contributed by atoms with van der Waals surface area (Å²) in [6, 6.07) is 7.70. The maximum Gasteiger partial charge on any atom is 0.251 e. The number of hydrogen-bond donors (Lipinski definition) is 3. The molecular formula is C17H21N3O3. The summed E-state index contributed by atoms with van der Waals surface area (Å²) in [5, 5.41) is 6.26. The molecule has 0 bridgehead atoms. The molecule has 0 unspecified atom stereocenters. The van der Waals surface area contributed by atoms with E-state index in [0.717, 1.165) is 16.5 Å². The Labute approximate surface area is 134 Å². The minimum atomic E-state index is -0.158. The van der Waals surface area contributed by atoms with Crippen molar-refractivity contribution in [3.63, 3.8) is 0 Å². The van der Waals surface area contributed by atoms with Gasteiger partial charge in [-0.05, 0) is 36.4 Å². The fraction of sp³-hybridized carbons (Fsp3) is 0.353. The molecule has 2 amide bonds. The van der Waals surface area contributed by atoms with Gasteiger partial charge in [-0.2, -0.15) is 0 Å². The van der Waals surface area contributed by atoms with Crippen LogP contribution in [-0.4, -0.2) is 29.9 Å². The van der Waals surface area contributed by atoms with Crippen LogP contribution < -0.4 is 16.2 Å². The van der Waals surface area contributed by atoms with Gasteiger partial charge in [0.15, 0.2) is 0 Å². The van der Waals surface area contributed by atoms with Gasteiger partial charge in [0.1, 0.15) is 0 Å². The second kappa shape index (κ2) is 7.58. The molecule has 0 saturated carbocycles. The topological polar surface area (TPSA) is 91.1 Å². The molecule has 6 heteroatoms. The van der Waals surface area contributed by atoms with Crippen LogP contribution in [0.2, 0.25) is 0 Å². The highest BCUT2D eigenvalue weighted by Gasteiger charge is 2.07. The Balaban J connectivity index is 1.92. The van der Waals surface area contributed by atoms with Crippen molar-refractivity contribution in [1.82, 2.24) is 15.6 Å². The molecule has 1 aromatic heterocycles. The maximum absolute atomic E-state index is 12.1. The largest absolute Gasteiger partial charge is 0.355 e. The van der Waals surface area contributed by atoms with E-state index in [-0.39, 0.29) is 23.8 Å². The second-order valence-electron chi connectivity index (χ2n) is 5.55. The molecule has 122 valence electrons. The molecule has 1 heterocycles. The Bertz CT molecular complexity index is 780. The lowest BCUT2D eigenvalue weighted by Crippen LogP contribution is -2.33. The van der Waals surface area contributed by atoms with E-state index in [1.807, 2.05) is 31.2 Å². The first-order chi connectivity index (χ1) is 11.0. The summed E-state index contributed by atoms with van der Waals surface area (Å²) < 4.78 is 0. The molecule has 0 saturated heterocycles. The standard InChI is InChI=1S/C17H21N3O3/c1-11-3-4-13-10-14(17(23)20-15(13)9-11)5-6-16(22)19-8-7-18-12(2)21/h3-4,9-10H,5-8H2,1-2H3,(H,18,21)(H,19,22)(H,20,23). The van der Waals surface area contributed by atoms with Crippen LogP contribution in [0, 0.1) is 6.92 Å². The van der Waals surface area contributed by atoms with Crippen LogP contribution in [-0.2, 0) is 16.0 Å². The van der Waals surface area contributed by atoms with Crippen LogP contribution >= 0.6 is 0 Å². The molecule has 2 aromatic rings. The Morgan fingerprint density at radius 3 is 2.61 bits per heavy atom. The van der Waals surface area contributed by atoms with Gasteiger partial charge < -0.3 is 15.6 Å². The zero-order valence-electron chi connectivity index (χ0n) is 13.4. The van der Waals surface area contributed by atoms with Gasteiger partial charge in [-0.25, -0.2) is 0 Å². The number of amides is 2. The number of aryl methyl sites for hydroxylation is 2. The van der Waals surface area contributed by atoms with Crippen molar-refractivity contribution in [3.8, 4) is 0 Å². The first-order valence-electron chi connectivity index (χ1n) is 7.59. The number of rotatable bonds is 6. The molecule has 2 rings (SSSR count). The quantitative estimate of drug-likeness (QED) is 0.695. The van der Waals surface area contributed by atoms with Crippen molar-refractivity contribution < 1.29 is 9.59 Å². The van der Waals surface area contributed by atoms with E-state index in [0.29, 0.717) is 25.1 Å². The fourth-order valence-corrected chi connectivity index (χ4v) is 2.32. The molecule has 0 radical (unpaired) electrons. The smallest absolute Gasteiger partial charge is 0.251 e. The average Bonchev–Trinajstić information content (AvgIpc) is 2.49. The third-order valence-electron chi connectivity index (χ3n) is 3.52. The van der Waals surface area contributed by atoms with Crippen molar-refractivity contribution in [2.75, 3.05) is 13.1 Å². The molecule has 0 aliphatic rings. The molecule has 6 nitrogen and oxygen atoms in total. The van der Waals surface area contributed by atoms with Gasteiger partial charge in [-0.3, -0.25) is 14.4 Å². The van der Waals surface area contributed by atoms with E-state index in [4.69, 9.17) is 0 Å². The van der Waals surface area contributed by atoms with Crippen LogP contribution in [0.1, 0.15) is 24.5 Å². The summed E-state index contributed by atoms with van der Waals surface area (Å²) >= 11 is 0. The van der Waals surface area contributed by atoms with Crippen LogP contribution in [0.3, 0.4) is 0 Å². The molecule has 23 heavy (non-hydrogen) atoms. The van der Waals surface area contributed by atoms with Gasteiger partial charge >= 0.3 is 0 Å². The number of hydrogen-bond acceptors (Lipinski definition) is 3. The summed E-state index contributed by atoms with van der Waals surface area (Å²) in [5.74, 6) is -0.268. The number of aromatic nitrogens is 1. The van der Waals surface area contributed by atoms with Gasteiger partial charge in [-0.1, -0.05) is 12.1 Å². The number of carbonyl (C=O) groups is 2. The zero-order valence-corrected chi connectivity index (χ0v) is 13.4. The predicted molar refractivity (Wildman–Crippen MR) is 89.3 cm³/mol. The molecule has 1 aromatic carbocycles. The van der Waals surface area contributed by atoms with Crippen LogP contribution in [0.4, 0.5) is 0 Å². The molecule has 0 aliphatic carbocycles. The van der Waals surface area contributed by atoms with Gasteiger partial charge in [0.2, 0.25) is 11.8 Å². The summed E-state index contributed by atoms with van der Waals surface area (Å²) in [4.78, 5) is 37.4. The van der Waals surface area contributed by atoms with Crippen LogP contribution in [0.15, 0.2) is 29.1 Å². The lowest BCUT2D eigenvalue weighted by molar-refractivity contribution is -0.122. The van der Waals surface area contributed by atoms with E-state index in [2.05, 4.69) is 15.6 Å². The SMILES string of the molecule is CC(=O)NCCNC(=O)CCc1cc2ccc(C)cc2[nH]c1=O. The van der Waals surface area contributed by atoms with E-state index in [1.165, 1.54) is 6.92 Å². The Kier molecular flexibility index (Phi) is 5.51. The van der Waals surface area contributed by atoms with Gasteiger partial charge in [0, 0.05) is 37.5 Å². The van der Waals surface area contributed by atoms with Crippen LogP contribution in [0.25, 0.3) is 10.9 Å². The van der Waals surface area contributed by atoms with E-state index >= 15 is 0 Å². The number of fused-ring (bicyclic) bond motifs is 1. The lowest BCUT2D eigenvalue weighted by atomic mass is 10.1. The van der Waals surface area contributed by atoms with Crippen LogP contribution in [0.5, 0.6) is 0 Å². The minimum Gasteiger partial charge on any atom is -0.355 e. The van der Waals surface area contributed by atoms with Crippen molar-refractivity contribution in [2.45, 2.75) is 26.7 Å². The Morgan fingerprint density at radius 1 is 1.13 bits per heavy atom.